The van der Waals surface area contributed by atoms with E-state index in [0.29, 0.717) is 68.5 Å². The average Bonchev–Trinajstić information content (AvgIpc) is 1.63. The summed E-state index contributed by atoms with van der Waals surface area (Å²) in [6.07, 6.45) is 42.2. The summed E-state index contributed by atoms with van der Waals surface area (Å²) in [4.78, 5) is 27.4. The van der Waals surface area contributed by atoms with Crippen molar-refractivity contribution >= 4 is 95.0 Å². The maximum atomic E-state index is 14.1. The number of anilines is 4. The maximum Gasteiger partial charge on any atom is 0.495 e. The molecule has 9 aromatic rings. The predicted octanol–water partition coefficient (Wildman–Crippen LogP) is 27.0. The topological polar surface area (TPSA) is 250 Å². The average molecular weight is 1960 g/mol. The number of hydrogen-bond acceptors (Lipinski definition) is 17. The van der Waals surface area contributed by atoms with Gasteiger partial charge in [-0.05, 0) is 399 Å². The lowest BCUT2D eigenvalue weighted by atomic mass is 9.49. The van der Waals surface area contributed by atoms with Crippen molar-refractivity contribution in [2.75, 3.05) is 22.9 Å². The van der Waals surface area contributed by atoms with Crippen molar-refractivity contribution in [1.29, 1.82) is 0 Å². The molecule has 10 heterocycles. The van der Waals surface area contributed by atoms with Crippen LogP contribution in [0.5, 0.6) is 0 Å². The molecule has 9 unspecified atom stereocenters. The van der Waals surface area contributed by atoms with E-state index in [1.807, 2.05) is 113 Å². The lowest BCUT2D eigenvalue weighted by molar-refractivity contribution is 0.00578. The van der Waals surface area contributed by atoms with Crippen LogP contribution in [0.15, 0.2) is 155 Å². The number of rotatable bonds is 13. The molecule has 11 aliphatic rings. The Hall–Kier alpha value is -7.18. The number of fused-ring (bicyclic) bond motifs is 6. The Morgan fingerprint density at radius 2 is 0.782 bits per heavy atom. The summed E-state index contributed by atoms with van der Waals surface area (Å²) in [5.41, 5.74) is 36.9. The molecule has 2 aromatic carbocycles. The van der Waals surface area contributed by atoms with E-state index in [9.17, 15) is 13.2 Å². The molecule has 133 heavy (non-hydrogen) atoms. The van der Waals surface area contributed by atoms with Gasteiger partial charge in [-0.1, -0.05) is 161 Å². The van der Waals surface area contributed by atoms with Crippen molar-refractivity contribution < 1.29 is 41.1 Å². The lowest BCUT2D eigenvalue weighted by Crippen LogP contribution is -2.41. The van der Waals surface area contributed by atoms with E-state index in [1.165, 1.54) is 169 Å². The van der Waals surface area contributed by atoms with Crippen LogP contribution in [0.25, 0.3) is 33.4 Å². The Bertz CT molecular complexity index is 5160. The van der Waals surface area contributed by atoms with Crippen molar-refractivity contribution in [1.82, 2.24) is 34.9 Å². The summed E-state index contributed by atoms with van der Waals surface area (Å²) in [7, 11) is -1.42. The third-order valence-corrected chi connectivity index (χ3v) is 35.7. The molecule has 9 atom stereocenters. The number of pyridine rings is 7. The molecule has 8 N–H and O–H groups in total. The third kappa shape index (κ3) is 24.9. The first-order valence-corrected chi connectivity index (χ1v) is 51.4. The summed E-state index contributed by atoms with van der Waals surface area (Å²) in [6, 6.07) is 34.7. The number of halogens is 5. The van der Waals surface area contributed by atoms with Gasteiger partial charge in [0.05, 0.1) is 38.1 Å². The second-order valence-corrected chi connectivity index (χ2v) is 46.9. The van der Waals surface area contributed by atoms with Crippen LogP contribution in [0.1, 0.15) is 330 Å². The van der Waals surface area contributed by atoms with Gasteiger partial charge < -0.3 is 50.9 Å². The molecule has 8 saturated carbocycles. The minimum atomic E-state index is -0.476. The van der Waals surface area contributed by atoms with Gasteiger partial charge in [-0.3, -0.25) is 0 Å². The van der Waals surface area contributed by atoms with Crippen LogP contribution in [-0.2, 0) is 27.9 Å². The summed E-state index contributed by atoms with van der Waals surface area (Å²) < 4.78 is 78.3. The van der Waals surface area contributed by atoms with Crippen molar-refractivity contribution in [3.05, 3.63) is 207 Å². The largest absolute Gasteiger partial charge is 0.495 e. The fourth-order valence-corrected chi connectivity index (χ4v) is 26.6. The quantitative estimate of drug-likeness (QED) is 0.0476. The molecule has 0 amide bonds. The fraction of sp³-hybridized carbons (Fsp3) is 0.561. The number of aryl methyl sites for hydroxylation is 1. The van der Waals surface area contributed by atoms with Crippen LogP contribution >= 0.6 is 39.8 Å². The zero-order chi connectivity index (χ0) is 93.8. The highest BCUT2D eigenvalue weighted by Crippen LogP contribution is 2.59. The van der Waals surface area contributed by atoms with E-state index in [2.05, 4.69) is 138 Å². The van der Waals surface area contributed by atoms with E-state index in [-0.39, 0.29) is 63.5 Å². The summed E-state index contributed by atoms with van der Waals surface area (Å²) in [6.45, 7) is 36.1. The minimum Gasteiger partial charge on any atom is -0.405 e. The first-order valence-electron chi connectivity index (χ1n) is 48.3. The van der Waals surface area contributed by atoms with Crippen LogP contribution < -0.4 is 33.7 Å². The zero-order valence-corrected chi connectivity index (χ0v) is 84.4. The second kappa shape index (κ2) is 44.3. The maximum absolute atomic E-state index is 14.1. The summed E-state index contributed by atoms with van der Waals surface area (Å²) in [5, 5.41) is 1.74. The summed E-state index contributed by atoms with van der Waals surface area (Å²) in [5.74, 6) is 8.41. The third-order valence-electron chi connectivity index (χ3n) is 31.1. The number of nitrogen functional groups attached to an aromatic ring is 4. The molecule has 716 valence electrons. The highest BCUT2D eigenvalue weighted by Gasteiger charge is 2.64. The highest BCUT2D eigenvalue weighted by molar-refractivity contribution is 9.10. The monoisotopic (exact) mass is 1960 g/mol. The van der Waals surface area contributed by atoms with Gasteiger partial charge in [0.15, 0.2) is 0 Å². The van der Waals surface area contributed by atoms with Gasteiger partial charge in [0, 0.05) is 59.0 Å². The first kappa shape index (κ1) is 105. The number of nitrogens with zero attached hydrogens (tertiary/aromatic N) is 7. The van der Waals surface area contributed by atoms with Gasteiger partial charge >= 0.3 is 21.1 Å². The van der Waals surface area contributed by atoms with Crippen LogP contribution in [0.4, 0.5) is 36.4 Å². The Morgan fingerprint density at radius 1 is 0.398 bits per heavy atom. The number of benzene rings is 2. The number of nitrogens with two attached hydrogens (primary N) is 4. The van der Waals surface area contributed by atoms with Gasteiger partial charge in [0.25, 0.3) is 0 Å². The Labute approximate surface area is 812 Å². The van der Waals surface area contributed by atoms with Gasteiger partial charge in [0.2, 0.25) is 17.8 Å². The molecule has 17 nitrogen and oxygen atoms in total. The number of hydrogen-bond donors (Lipinski definition) is 4. The normalized spacial score (nSPS) is 24.5. The SMILES string of the molecule is C.C.CC1(C)OB(B2OC(C)(C)C(C)(C)O2)OC1(C)C.CC1(C)OB(c2ccnc(N)c2)OC1(C)C.Cc1cc(C(C)C)cc(C(C)C)c1-c1ccccc1P(C1CCCCC1)C1CCCCC1.Fc1ncc(C2CC3CCC2C3)cc1Br.Nc1cc(-c2cc(C3CC4CCC3C4)cnc2F)ccn1.Nc1cc(-c2cc(C3CC4CCC3C4)cnc2F)ccn1.Nc1cc(Br)ccn1. The summed E-state index contributed by atoms with van der Waals surface area (Å²) >= 11 is 6.45. The first-order chi connectivity index (χ1) is 62.1. The Kier molecular flexibility index (Phi) is 34.9. The van der Waals surface area contributed by atoms with E-state index >= 15 is 0 Å². The molecule has 0 radical (unpaired) electrons. The van der Waals surface area contributed by atoms with Crippen LogP contribution in [0.3, 0.4) is 0 Å². The molecule has 26 heteroatoms. The standard InChI is InChI=1S/C31H45P.2C17H18FN3.C12H24B2O4.C12H13BrFN.C11H17BN2O2.C5H5BrN2.2CH4/c1-22(2)25-20-24(5)31(29(21-25)23(3)4)28-18-12-13-19-30(28)32(26-14-8-6-9-15-26)27-16-10-7-11-17-27;2*18-17-15(12-3-4-20-16(19)8-12)7-13(9-21-17)14-6-10-1-2-11(14)5-10;1-9(2)10(3,4)16-13(15-9)14-17-11(5,6)12(7,8)18-14;13-11-5-9(6-15-12(11)14)10-4-7-1-2-8(10)3-7;1-10(2)11(3,4)16-12(15-10)8-5-6-14-9(13)7-8;6-4-1-2-8-5(7)3-4;;/h12-13,18-23,26-27H,6-11,14-17H2,1-5H3;2*3-4,7-11,14H,1-2,5-6H2,(H2,19,20);1-8H3;5-8,10H,1-4H2;5-7H,1-4H3,(H2,13,14);1-3H,(H2,7,8);2*1H4. The van der Waals surface area contributed by atoms with Crippen LogP contribution in [0.2, 0.25) is 0 Å². The van der Waals surface area contributed by atoms with Crippen LogP contribution in [0, 0.1) is 60.3 Å². The van der Waals surface area contributed by atoms with Crippen molar-refractivity contribution in [3.8, 4) is 33.4 Å². The van der Waals surface area contributed by atoms with E-state index in [0.717, 1.165) is 67.9 Å². The number of aromatic nitrogens is 7. The molecule has 0 spiro atoms. The molecule has 3 saturated heterocycles. The molecular weight excluding hydrogens is 1820 g/mol. The van der Waals surface area contributed by atoms with Crippen LogP contribution in [-0.4, -0.2) is 101 Å². The Morgan fingerprint density at radius 3 is 1.14 bits per heavy atom. The van der Waals surface area contributed by atoms with E-state index in [1.54, 1.807) is 102 Å². The molecule has 3 aliphatic heterocycles. The smallest absolute Gasteiger partial charge is 0.405 e. The molecular formula is C107H148B3Br2F3N11O6P. The van der Waals surface area contributed by atoms with Crippen molar-refractivity contribution in [2.45, 2.75) is 348 Å². The molecule has 7 aromatic heterocycles. The van der Waals surface area contributed by atoms with Gasteiger partial charge in [0.1, 0.15) is 23.3 Å². The van der Waals surface area contributed by atoms with E-state index < -0.39 is 31.9 Å². The van der Waals surface area contributed by atoms with Gasteiger partial charge in [-0.25, -0.2) is 34.9 Å². The van der Waals surface area contributed by atoms with Crippen molar-refractivity contribution in [3.63, 3.8) is 0 Å². The van der Waals surface area contributed by atoms with E-state index in [4.69, 9.17) is 50.9 Å². The fourth-order valence-electron chi connectivity index (χ4n) is 21.9. The second-order valence-electron chi connectivity index (χ2n) is 42.4. The molecule has 6 bridgehead atoms. The minimum absolute atomic E-state index is 0. The van der Waals surface area contributed by atoms with Gasteiger partial charge in [-0.15, -0.1) is 0 Å². The molecule has 11 fully saturated rings. The highest BCUT2D eigenvalue weighted by atomic mass is 79.9. The molecule has 8 aliphatic carbocycles. The van der Waals surface area contributed by atoms with Gasteiger partial charge in [-0.2, -0.15) is 13.2 Å². The lowest BCUT2D eigenvalue weighted by Gasteiger charge is -2.40. The zero-order valence-electron chi connectivity index (χ0n) is 80.4. The van der Waals surface area contributed by atoms with Crippen molar-refractivity contribution in [2.24, 2.45) is 35.5 Å². The predicted molar refractivity (Wildman–Crippen MR) is 552 cm³/mol. The Balaban J connectivity index is 0.000000143. The molecule has 20 rings (SSSR count).